The Morgan fingerprint density at radius 3 is 2.40 bits per heavy atom. The lowest BCUT2D eigenvalue weighted by Gasteiger charge is -2.08. The van der Waals surface area contributed by atoms with Crippen LogP contribution in [0.1, 0.15) is 16.7 Å². The van der Waals surface area contributed by atoms with Gasteiger partial charge in [0, 0.05) is 19.6 Å². The summed E-state index contributed by atoms with van der Waals surface area (Å²) in [6.07, 6.45) is 0. The molecule has 2 aromatic rings. The summed E-state index contributed by atoms with van der Waals surface area (Å²) in [6.45, 7) is 2.23. The highest BCUT2D eigenvalue weighted by molar-refractivity contribution is 9.10. The topological polar surface area (TPSA) is 47.3 Å². The first kappa shape index (κ1) is 15.0. The third-order valence-corrected chi connectivity index (χ3v) is 3.72. The zero-order valence-electron chi connectivity index (χ0n) is 11.5. The van der Waals surface area contributed by atoms with Gasteiger partial charge in [0.25, 0.3) is 0 Å². The molecule has 106 valence electrons. The second kappa shape index (κ2) is 7.43. The molecule has 0 bridgehead atoms. The van der Waals surface area contributed by atoms with Crippen LogP contribution in [0, 0.1) is 0 Å². The van der Waals surface area contributed by atoms with E-state index in [-0.39, 0.29) is 0 Å². The molecule has 2 aromatic carbocycles. The number of hydrogen-bond acceptors (Lipinski definition) is 3. The fourth-order valence-corrected chi connectivity index (χ4v) is 2.63. The SMILES string of the molecule is COc1ccc(CNCc2cccc(CN)c2)cc1Br. The van der Waals surface area contributed by atoms with Crippen molar-refractivity contribution in [3.05, 3.63) is 63.6 Å². The smallest absolute Gasteiger partial charge is 0.133 e. The third kappa shape index (κ3) is 4.07. The quantitative estimate of drug-likeness (QED) is 0.852. The second-order valence-electron chi connectivity index (χ2n) is 4.60. The van der Waals surface area contributed by atoms with E-state index in [1.54, 1.807) is 7.11 Å². The molecule has 0 unspecified atom stereocenters. The van der Waals surface area contributed by atoms with E-state index in [1.165, 1.54) is 11.1 Å². The van der Waals surface area contributed by atoms with Crippen molar-refractivity contribution in [2.45, 2.75) is 19.6 Å². The molecule has 0 fully saturated rings. The van der Waals surface area contributed by atoms with Crippen LogP contribution in [0.5, 0.6) is 5.75 Å². The van der Waals surface area contributed by atoms with Gasteiger partial charge >= 0.3 is 0 Å². The molecule has 3 N–H and O–H groups in total. The molecule has 0 aromatic heterocycles. The number of nitrogens with two attached hydrogens (primary N) is 1. The molecule has 0 heterocycles. The Bertz CT molecular complexity index is 572. The highest BCUT2D eigenvalue weighted by atomic mass is 79.9. The Balaban J connectivity index is 1.90. The Morgan fingerprint density at radius 2 is 1.75 bits per heavy atom. The maximum absolute atomic E-state index is 5.64. The standard InChI is InChI=1S/C16H19BrN2O/c1-20-16-6-5-14(8-15(16)17)11-19-10-13-4-2-3-12(7-13)9-18/h2-8,19H,9-11,18H2,1H3. The lowest BCUT2D eigenvalue weighted by Crippen LogP contribution is -2.13. The minimum Gasteiger partial charge on any atom is -0.496 e. The van der Waals surface area contributed by atoms with Gasteiger partial charge in [-0.05, 0) is 44.8 Å². The van der Waals surface area contributed by atoms with E-state index < -0.39 is 0 Å². The van der Waals surface area contributed by atoms with Gasteiger partial charge < -0.3 is 15.8 Å². The van der Waals surface area contributed by atoms with Gasteiger partial charge in [-0.2, -0.15) is 0 Å². The number of rotatable bonds is 6. The minimum atomic E-state index is 0.583. The molecular weight excluding hydrogens is 316 g/mol. The van der Waals surface area contributed by atoms with Crippen molar-refractivity contribution in [1.29, 1.82) is 0 Å². The first-order valence-electron chi connectivity index (χ1n) is 6.54. The second-order valence-corrected chi connectivity index (χ2v) is 5.45. The van der Waals surface area contributed by atoms with E-state index in [0.717, 1.165) is 28.9 Å². The molecule has 0 saturated carbocycles. The number of methoxy groups -OCH3 is 1. The highest BCUT2D eigenvalue weighted by Gasteiger charge is 2.01. The predicted molar refractivity (Wildman–Crippen MR) is 85.6 cm³/mol. The van der Waals surface area contributed by atoms with Crippen LogP contribution in [0.25, 0.3) is 0 Å². The van der Waals surface area contributed by atoms with Gasteiger partial charge in [0.1, 0.15) is 5.75 Å². The summed E-state index contributed by atoms with van der Waals surface area (Å²) in [4.78, 5) is 0. The van der Waals surface area contributed by atoms with Crippen LogP contribution in [0.15, 0.2) is 46.9 Å². The van der Waals surface area contributed by atoms with Crippen molar-refractivity contribution in [3.63, 3.8) is 0 Å². The van der Waals surface area contributed by atoms with Gasteiger partial charge in [-0.1, -0.05) is 30.3 Å². The fourth-order valence-electron chi connectivity index (χ4n) is 2.04. The van der Waals surface area contributed by atoms with Crippen LogP contribution < -0.4 is 15.8 Å². The van der Waals surface area contributed by atoms with Crippen molar-refractivity contribution in [1.82, 2.24) is 5.32 Å². The third-order valence-electron chi connectivity index (χ3n) is 3.10. The van der Waals surface area contributed by atoms with Crippen LogP contribution in [-0.4, -0.2) is 7.11 Å². The number of nitrogens with one attached hydrogen (secondary N) is 1. The van der Waals surface area contributed by atoms with Crippen molar-refractivity contribution in [2.24, 2.45) is 5.73 Å². The van der Waals surface area contributed by atoms with E-state index in [4.69, 9.17) is 10.5 Å². The Labute approximate surface area is 128 Å². The summed E-state index contributed by atoms with van der Waals surface area (Å²) in [7, 11) is 1.67. The summed E-state index contributed by atoms with van der Waals surface area (Å²) in [5.74, 6) is 0.851. The Kier molecular flexibility index (Phi) is 5.59. The van der Waals surface area contributed by atoms with Gasteiger partial charge in [0.2, 0.25) is 0 Å². The molecule has 0 aliphatic heterocycles. The monoisotopic (exact) mass is 334 g/mol. The van der Waals surface area contributed by atoms with E-state index in [0.29, 0.717) is 6.54 Å². The number of benzene rings is 2. The average molecular weight is 335 g/mol. The van der Waals surface area contributed by atoms with Crippen LogP contribution in [0.2, 0.25) is 0 Å². The first-order valence-corrected chi connectivity index (χ1v) is 7.33. The Hall–Kier alpha value is -1.36. The van der Waals surface area contributed by atoms with Crippen LogP contribution in [0.3, 0.4) is 0 Å². The molecule has 0 spiro atoms. The number of ether oxygens (including phenoxy) is 1. The number of hydrogen-bond donors (Lipinski definition) is 2. The number of halogens is 1. The summed E-state index contributed by atoms with van der Waals surface area (Å²) < 4.78 is 6.20. The van der Waals surface area contributed by atoms with Crippen LogP contribution >= 0.6 is 15.9 Å². The molecule has 3 nitrogen and oxygen atoms in total. The van der Waals surface area contributed by atoms with Gasteiger partial charge in [-0.3, -0.25) is 0 Å². The molecule has 0 atom stereocenters. The molecule has 20 heavy (non-hydrogen) atoms. The first-order chi connectivity index (χ1) is 9.72. The van der Waals surface area contributed by atoms with Crippen molar-refractivity contribution in [3.8, 4) is 5.75 Å². The molecule has 2 rings (SSSR count). The van der Waals surface area contributed by atoms with Gasteiger partial charge in [-0.25, -0.2) is 0 Å². The summed E-state index contributed by atoms with van der Waals surface area (Å²) in [5.41, 5.74) is 9.27. The molecule has 0 radical (unpaired) electrons. The van der Waals surface area contributed by atoms with E-state index >= 15 is 0 Å². The Morgan fingerprint density at radius 1 is 1.05 bits per heavy atom. The zero-order chi connectivity index (χ0) is 14.4. The summed E-state index contributed by atoms with van der Waals surface area (Å²) in [6, 6.07) is 14.4. The van der Waals surface area contributed by atoms with Gasteiger partial charge in [0.05, 0.1) is 11.6 Å². The lowest BCUT2D eigenvalue weighted by molar-refractivity contribution is 0.412. The minimum absolute atomic E-state index is 0.583. The van der Waals surface area contributed by atoms with Crippen LogP contribution in [0.4, 0.5) is 0 Å². The van der Waals surface area contributed by atoms with Crippen molar-refractivity contribution >= 4 is 15.9 Å². The van der Waals surface area contributed by atoms with E-state index in [9.17, 15) is 0 Å². The molecule has 0 aliphatic carbocycles. The van der Waals surface area contributed by atoms with E-state index in [1.807, 2.05) is 18.2 Å². The molecule has 4 heteroatoms. The van der Waals surface area contributed by atoms with Crippen LogP contribution in [-0.2, 0) is 19.6 Å². The lowest BCUT2D eigenvalue weighted by atomic mass is 10.1. The largest absolute Gasteiger partial charge is 0.496 e. The highest BCUT2D eigenvalue weighted by Crippen LogP contribution is 2.25. The van der Waals surface area contributed by atoms with Crippen molar-refractivity contribution in [2.75, 3.05) is 7.11 Å². The molecule has 0 amide bonds. The molecule has 0 saturated heterocycles. The average Bonchev–Trinajstić information content (AvgIpc) is 2.48. The molecular formula is C16H19BrN2O. The fraction of sp³-hybridized carbons (Fsp3) is 0.250. The summed E-state index contributed by atoms with van der Waals surface area (Å²) >= 11 is 3.50. The maximum Gasteiger partial charge on any atom is 0.133 e. The normalized spacial score (nSPS) is 10.6. The maximum atomic E-state index is 5.64. The molecule has 0 aliphatic rings. The van der Waals surface area contributed by atoms with Gasteiger partial charge in [-0.15, -0.1) is 0 Å². The predicted octanol–water partition coefficient (Wildman–Crippen LogP) is 3.21. The van der Waals surface area contributed by atoms with E-state index in [2.05, 4.69) is 45.5 Å². The summed E-state index contributed by atoms with van der Waals surface area (Å²) in [5, 5.41) is 3.43. The van der Waals surface area contributed by atoms with Crippen molar-refractivity contribution < 1.29 is 4.74 Å². The zero-order valence-corrected chi connectivity index (χ0v) is 13.1. The van der Waals surface area contributed by atoms with Gasteiger partial charge in [0.15, 0.2) is 0 Å².